The number of likely N-dealkylation sites (tertiary alicyclic amines) is 1. The van der Waals surface area contributed by atoms with Crippen molar-refractivity contribution in [1.29, 1.82) is 0 Å². The summed E-state index contributed by atoms with van der Waals surface area (Å²) in [6, 6.07) is 15.5. The number of rotatable bonds is 5. The molecule has 1 heterocycles. The average molecular weight is 410 g/mol. The maximum Gasteiger partial charge on any atom is 0.253 e. The summed E-state index contributed by atoms with van der Waals surface area (Å²) in [5, 5.41) is 10.7. The number of hydrogen-bond donors (Lipinski definition) is 1. The van der Waals surface area contributed by atoms with Crippen molar-refractivity contribution >= 4 is 5.91 Å². The van der Waals surface area contributed by atoms with E-state index in [1.165, 1.54) is 5.56 Å². The first kappa shape index (κ1) is 20.7. The van der Waals surface area contributed by atoms with E-state index in [-0.39, 0.29) is 12.0 Å². The molecule has 2 aromatic carbocycles. The van der Waals surface area contributed by atoms with E-state index in [2.05, 4.69) is 13.8 Å². The van der Waals surface area contributed by atoms with E-state index in [1.54, 1.807) is 7.11 Å². The number of nitrogens with zero attached hydrogens (tertiary/aromatic N) is 1. The first-order chi connectivity index (χ1) is 14.5. The Labute approximate surface area is 178 Å². The third-order valence-corrected chi connectivity index (χ3v) is 6.54. The monoisotopic (exact) mass is 409 g/mol. The first-order valence-corrected chi connectivity index (χ1v) is 10.8. The van der Waals surface area contributed by atoms with Crippen LogP contribution in [0.2, 0.25) is 0 Å². The second kappa shape index (κ2) is 8.68. The highest BCUT2D eigenvalue weighted by atomic mass is 16.5. The summed E-state index contributed by atoms with van der Waals surface area (Å²) in [5.41, 5.74) is 1.97. The molecule has 5 heteroatoms. The molecule has 2 fully saturated rings. The molecule has 30 heavy (non-hydrogen) atoms. The van der Waals surface area contributed by atoms with Crippen LogP contribution in [0.1, 0.15) is 48.5 Å². The minimum absolute atomic E-state index is 0.0800. The second-order valence-corrected chi connectivity index (χ2v) is 8.85. The lowest BCUT2D eigenvalue weighted by molar-refractivity contribution is -0.0240. The fraction of sp³-hybridized carbons (Fsp3) is 0.480. The van der Waals surface area contributed by atoms with Crippen LogP contribution >= 0.6 is 0 Å². The Hall–Kier alpha value is -2.53. The van der Waals surface area contributed by atoms with Gasteiger partial charge in [0.2, 0.25) is 0 Å². The van der Waals surface area contributed by atoms with E-state index >= 15 is 0 Å². The Bertz CT molecular complexity index is 879. The fourth-order valence-electron chi connectivity index (χ4n) is 4.76. The predicted molar refractivity (Wildman–Crippen MR) is 116 cm³/mol. The van der Waals surface area contributed by atoms with Gasteiger partial charge in [-0.1, -0.05) is 38.1 Å². The molecule has 0 bridgehead atoms. The Morgan fingerprint density at radius 1 is 1.00 bits per heavy atom. The van der Waals surface area contributed by atoms with Crippen LogP contribution < -0.4 is 9.47 Å². The van der Waals surface area contributed by atoms with Crippen LogP contribution in [-0.2, 0) is 0 Å². The Morgan fingerprint density at radius 2 is 1.63 bits per heavy atom. The third kappa shape index (κ3) is 4.17. The summed E-state index contributed by atoms with van der Waals surface area (Å²) in [6.07, 6.45) is 0.556. The van der Waals surface area contributed by atoms with Gasteiger partial charge >= 0.3 is 0 Å². The summed E-state index contributed by atoms with van der Waals surface area (Å²) in [4.78, 5) is 15.0. The zero-order chi connectivity index (χ0) is 21.3. The van der Waals surface area contributed by atoms with Crippen molar-refractivity contribution in [2.75, 3.05) is 20.2 Å². The van der Waals surface area contributed by atoms with Crippen LogP contribution in [0.5, 0.6) is 11.5 Å². The number of carbonyl (C=O) groups is 1. The topological polar surface area (TPSA) is 59.0 Å². The first-order valence-electron chi connectivity index (χ1n) is 10.8. The maximum atomic E-state index is 13.0. The minimum Gasteiger partial charge on any atom is -0.493 e. The van der Waals surface area contributed by atoms with Gasteiger partial charge in [-0.15, -0.1) is 0 Å². The molecule has 0 spiro atoms. The molecule has 1 aliphatic carbocycles. The molecule has 2 aliphatic rings. The molecule has 2 aromatic rings. The van der Waals surface area contributed by atoms with Crippen molar-refractivity contribution in [2.24, 2.45) is 11.8 Å². The van der Waals surface area contributed by atoms with Crippen LogP contribution in [0.4, 0.5) is 0 Å². The predicted octanol–water partition coefficient (Wildman–Crippen LogP) is 4.11. The van der Waals surface area contributed by atoms with Crippen molar-refractivity contribution in [3.05, 3.63) is 59.7 Å². The normalized spacial score (nSPS) is 25.8. The largest absolute Gasteiger partial charge is 0.493 e. The van der Waals surface area contributed by atoms with Crippen LogP contribution in [0.3, 0.4) is 0 Å². The summed E-state index contributed by atoms with van der Waals surface area (Å²) >= 11 is 0. The number of benzene rings is 2. The van der Waals surface area contributed by atoms with Crippen LogP contribution in [0.25, 0.3) is 0 Å². The zero-order valence-electron chi connectivity index (χ0n) is 18.0. The number of hydrogen-bond acceptors (Lipinski definition) is 4. The van der Waals surface area contributed by atoms with E-state index in [4.69, 9.17) is 9.47 Å². The lowest BCUT2D eigenvalue weighted by Gasteiger charge is -2.35. The molecule has 0 unspecified atom stereocenters. The number of aliphatic hydroxyl groups excluding tert-OH is 1. The highest BCUT2D eigenvalue weighted by molar-refractivity contribution is 5.94. The van der Waals surface area contributed by atoms with Gasteiger partial charge in [0.15, 0.2) is 11.5 Å². The van der Waals surface area contributed by atoms with E-state index in [1.807, 2.05) is 53.4 Å². The van der Waals surface area contributed by atoms with E-state index in [9.17, 15) is 9.90 Å². The number of aliphatic hydroxyl groups is 1. The lowest BCUT2D eigenvalue weighted by Crippen LogP contribution is -2.42. The number of para-hydroxylation sites is 2. The van der Waals surface area contributed by atoms with Gasteiger partial charge in [-0.25, -0.2) is 0 Å². The van der Waals surface area contributed by atoms with Gasteiger partial charge < -0.3 is 19.5 Å². The van der Waals surface area contributed by atoms with Gasteiger partial charge in [0, 0.05) is 18.7 Å². The Balaban J connectivity index is 1.42. The molecule has 5 nitrogen and oxygen atoms in total. The summed E-state index contributed by atoms with van der Waals surface area (Å²) < 4.78 is 11.5. The standard InChI is InChI=1S/C25H31NO4/c1-16(2)17-8-10-18(11-9-17)25(28)26-14-19-12-21(27)24(13-20(19)15-26)30-23-7-5-4-6-22(23)29-3/h4-11,16,19-21,24,27H,12-15H2,1-3H3/t19-,20+,21+,24+/m0/s1. The van der Waals surface area contributed by atoms with Gasteiger partial charge in [0.05, 0.1) is 13.2 Å². The van der Waals surface area contributed by atoms with E-state index < -0.39 is 6.10 Å². The maximum absolute atomic E-state index is 13.0. The van der Waals surface area contributed by atoms with E-state index in [0.717, 1.165) is 12.0 Å². The van der Waals surface area contributed by atoms with Crippen LogP contribution in [0.15, 0.2) is 48.5 Å². The molecule has 1 saturated heterocycles. The number of ether oxygens (including phenoxy) is 2. The molecule has 4 atom stereocenters. The number of carbonyl (C=O) groups excluding carboxylic acids is 1. The van der Waals surface area contributed by atoms with Gasteiger partial charge in [-0.3, -0.25) is 4.79 Å². The van der Waals surface area contributed by atoms with Crippen molar-refractivity contribution in [2.45, 2.75) is 44.8 Å². The average Bonchev–Trinajstić information content (AvgIpc) is 3.16. The third-order valence-electron chi connectivity index (χ3n) is 6.54. The van der Waals surface area contributed by atoms with Crippen LogP contribution in [0, 0.1) is 11.8 Å². The van der Waals surface area contributed by atoms with Gasteiger partial charge in [-0.05, 0) is 60.4 Å². The van der Waals surface area contributed by atoms with Crippen LogP contribution in [-0.4, -0.2) is 48.3 Å². The summed E-state index contributed by atoms with van der Waals surface area (Å²) in [7, 11) is 1.61. The van der Waals surface area contributed by atoms with Gasteiger partial charge in [-0.2, -0.15) is 0 Å². The summed E-state index contributed by atoms with van der Waals surface area (Å²) in [6.45, 7) is 5.72. The molecule has 0 radical (unpaired) electrons. The molecule has 0 aromatic heterocycles. The number of amides is 1. The zero-order valence-corrected chi connectivity index (χ0v) is 18.0. The fourth-order valence-corrected chi connectivity index (χ4v) is 4.76. The molecule has 1 N–H and O–H groups in total. The number of fused-ring (bicyclic) bond motifs is 1. The van der Waals surface area contributed by atoms with Gasteiger partial charge in [0.25, 0.3) is 5.91 Å². The van der Waals surface area contributed by atoms with Crippen molar-refractivity contribution in [3.8, 4) is 11.5 Å². The van der Waals surface area contributed by atoms with Crippen molar-refractivity contribution in [3.63, 3.8) is 0 Å². The van der Waals surface area contributed by atoms with E-state index in [0.29, 0.717) is 48.8 Å². The lowest BCUT2D eigenvalue weighted by atomic mass is 9.78. The molecule has 160 valence electrons. The Kier molecular flexibility index (Phi) is 6.00. The molecule has 4 rings (SSSR count). The molecule has 1 aliphatic heterocycles. The molecular formula is C25H31NO4. The highest BCUT2D eigenvalue weighted by Crippen LogP contribution is 2.39. The number of methoxy groups -OCH3 is 1. The van der Waals surface area contributed by atoms with Gasteiger partial charge in [0.1, 0.15) is 6.10 Å². The van der Waals surface area contributed by atoms with Crippen molar-refractivity contribution in [1.82, 2.24) is 4.90 Å². The molecular weight excluding hydrogens is 378 g/mol. The minimum atomic E-state index is -0.545. The summed E-state index contributed by atoms with van der Waals surface area (Å²) in [5.74, 6) is 2.50. The molecule has 1 amide bonds. The quantitative estimate of drug-likeness (QED) is 0.807. The smallest absolute Gasteiger partial charge is 0.253 e. The Morgan fingerprint density at radius 3 is 2.27 bits per heavy atom. The SMILES string of the molecule is COc1ccccc1O[C@@H]1C[C@@H]2CN(C(=O)c3ccc(C(C)C)cc3)C[C@@H]2C[C@H]1O. The molecule has 1 saturated carbocycles. The highest BCUT2D eigenvalue weighted by Gasteiger charge is 2.44. The second-order valence-electron chi connectivity index (χ2n) is 8.85. The van der Waals surface area contributed by atoms with Crippen molar-refractivity contribution < 1.29 is 19.4 Å².